The number of thioether (sulfide) groups is 1. The van der Waals surface area contributed by atoms with Crippen molar-refractivity contribution in [1.82, 2.24) is 0 Å². The van der Waals surface area contributed by atoms with E-state index >= 15 is 0 Å². The number of ether oxygens (including phenoxy) is 1. The van der Waals surface area contributed by atoms with E-state index in [2.05, 4.69) is 0 Å². The first kappa shape index (κ1) is 14.9. The summed E-state index contributed by atoms with van der Waals surface area (Å²) in [5.74, 6) is -1.29. The fraction of sp³-hybridized carbons (Fsp3) is 0.417. The van der Waals surface area contributed by atoms with Gasteiger partial charge in [-0.3, -0.25) is 4.79 Å². The number of carbonyl (C=O) groups excluding carboxylic acids is 1. The predicted molar refractivity (Wildman–Crippen MR) is 67.1 cm³/mol. The Balaban J connectivity index is 2.44. The molecular weight excluding hydrogens is 260 g/mol. The van der Waals surface area contributed by atoms with Gasteiger partial charge in [0.1, 0.15) is 17.7 Å². The zero-order valence-corrected chi connectivity index (χ0v) is 10.8. The summed E-state index contributed by atoms with van der Waals surface area (Å²) in [5.41, 5.74) is 5.56. The second-order valence-electron chi connectivity index (χ2n) is 3.57. The summed E-state index contributed by atoms with van der Waals surface area (Å²) in [4.78, 5) is 11.2. The van der Waals surface area contributed by atoms with Gasteiger partial charge in [-0.25, -0.2) is 8.78 Å². The fourth-order valence-electron chi connectivity index (χ4n) is 1.28. The van der Waals surface area contributed by atoms with Crippen molar-refractivity contribution in [1.29, 1.82) is 0 Å². The van der Waals surface area contributed by atoms with Gasteiger partial charge in [0.15, 0.2) is 0 Å². The van der Waals surface area contributed by atoms with Crippen molar-refractivity contribution >= 4 is 17.7 Å². The predicted octanol–water partition coefficient (Wildman–Crippen LogP) is 2.09. The third-order valence-corrected chi connectivity index (χ3v) is 3.28. The highest BCUT2D eigenvalue weighted by Gasteiger charge is 2.15. The van der Waals surface area contributed by atoms with Gasteiger partial charge in [-0.05, 0) is 19.1 Å². The van der Waals surface area contributed by atoms with Crippen LogP contribution in [-0.2, 0) is 15.3 Å². The van der Waals surface area contributed by atoms with Crippen molar-refractivity contribution in [2.24, 2.45) is 5.73 Å². The molecule has 0 aliphatic rings. The van der Waals surface area contributed by atoms with Gasteiger partial charge in [-0.1, -0.05) is 6.07 Å². The number of hydrogen-bond donors (Lipinski definition) is 1. The Bertz CT molecular complexity index is 395. The Morgan fingerprint density at radius 3 is 2.61 bits per heavy atom. The Morgan fingerprint density at radius 1 is 1.44 bits per heavy atom. The number of halogens is 2. The maximum atomic E-state index is 13.3. The first-order valence-corrected chi connectivity index (χ1v) is 6.64. The Hall–Kier alpha value is -1.14. The second kappa shape index (κ2) is 7.33. The molecule has 0 saturated heterocycles. The van der Waals surface area contributed by atoms with Crippen LogP contribution in [0, 0.1) is 11.6 Å². The lowest BCUT2D eigenvalue weighted by Crippen LogP contribution is -2.34. The molecule has 0 aromatic heterocycles. The smallest absolute Gasteiger partial charge is 0.323 e. The lowest BCUT2D eigenvalue weighted by molar-refractivity contribution is -0.144. The van der Waals surface area contributed by atoms with Crippen LogP contribution in [0.15, 0.2) is 18.2 Å². The second-order valence-corrected chi connectivity index (χ2v) is 4.60. The van der Waals surface area contributed by atoms with E-state index < -0.39 is 23.6 Å². The third kappa shape index (κ3) is 4.27. The first-order valence-electron chi connectivity index (χ1n) is 5.49. The van der Waals surface area contributed by atoms with E-state index in [1.807, 2.05) is 0 Å². The van der Waals surface area contributed by atoms with Gasteiger partial charge in [-0.15, -0.1) is 0 Å². The van der Waals surface area contributed by atoms with Crippen LogP contribution in [0.1, 0.15) is 12.5 Å². The Labute approximate surface area is 109 Å². The number of carbonyl (C=O) groups is 1. The minimum atomic E-state index is -0.773. The summed E-state index contributed by atoms with van der Waals surface area (Å²) in [5, 5.41) is 0. The van der Waals surface area contributed by atoms with Crippen molar-refractivity contribution in [3.63, 3.8) is 0 Å². The minimum absolute atomic E-state index is 0.00133. The van der Waals surface area contributed by atoms with E-state index in [1.165, 1.54) is 30.0 Å². The highest BCUT2D eigenvalue weighted by Crippen LogP contribution is 2.19. The Morgan fingerprint density at radius 2 is 2.06 bits per heavy atom. The van der Waals surface area contributed by atoms with Gasteiger partial charge in [0, 0.05) is 17.1 Å². The molecule has 0 amide bonds. The lowest BCUT2D eigenvalue weighted by Gasteiger charge is -2.10. The van der Waals surface area contributed by atoms with E-state index in [0.717, 1.165) is 0 Å². The molecule has 3 nitrogen and oxygen atoms in total. The zero-order chi connectivity index (χ0) is 13.5. The van der Waals surface area contributed by atoms with E-state index in [-0.39, 0.29) is 23.7 Å². The average molecular weight is 275 g/mol. The standard InChI is InChI=1S/C12H15F2NO2S/c1-2-17-12(16)11(15)7-18-6-8-9(13)4-3-5-10(8)14/h3-5,11H,2,6-7,15H2,1H3. The van der Waals surface area contributed by atoms with E-state index in [0.29, 0.717) is 0 Å². The molecule has 0 fully saturated rings. The fourth-order valence-corrected chi connectivity index (χ4v) is 2.26. The molecule has 1 unspecified atom stereocenters. The van der Waals surface area contributed by atoms with E-state index in [4.69, 9.17) is 10.5 Å². The molecular formula is C12H15F2NO2S. The largest absolute Gasteiger partial charge is 0.465 e. The number of esters is 1. The van der Waals surface area contributed by atoms with Crippen LogP contribution < -0.4 is 5.73 Å². The summed E-state index contributed by atoms with van der Waals surface area (Å²) in [6.45, 7) is 1.95. The van der Waals surface area contributed by atoms with Crippen LogP contribution in [-0.4, -0.2) is 24.4 Å². The molecule has 0 aliphatic carbocycles. The quantitative estimate of drug-likeness (QED) is 0.808. The summed E-state index contributed by atoms with van der Waals surface area (Å²) < 4.78 is 31.3. The van der Waals surface area contributed by atoms with Crippen molar-refractivity contribution in [3.8, 4) is 0 Å². The van der Waals surface area contributed by atoms with Crippen LogP contribution in [0.2, 0.25) is 0 Å². The molecule has 6 heteroatoms. The molecule has 0 radical (unpaired) electrons. The normalized spacial score (nSPS) is 12.2. The molecule has 1 aromatic rings. The van der Waals surface area contributed by atoms with Crippen LogP contribution >= 0.6 is 11.8 Å². The Kier molecular flexibility index (Phi) is 6.07. The van der Waals surface area contributed by atoms with E-state index in [9.17, 15) is 13.6 Å². The molecule has 18 heavy (non-hydrogen) atoms. The summed E-state index contributed by atoms with van der Waals surface area (Å²) in [6.07, 6.45) is 0. The van der Waals surface area contributed by atoms with Crippen LogP contribution in [0.5, 0.6) is 0 Å². The number of nitrogens with two attached hydrogens (primary N) is 1. The maximum absolute atomic E-state index is 13.3. The summed E-state index contributed by atoms with van der Waals surface area (Å²) in [6, 6.07) is 2.93. The van der Waals surface area contributed by atoms with Crippen LogP contribution in [0.25, 0.3) is 0 Å². The average Bonchev–Trinajstić information content (AvgIpc) is 2.33. The molecule has 1 rings (SSSR count). The van der Waals surface area contributed by atoms with Gasteiger partial charge in [0.2, 0.25) is 0 Å². The monoisotopic (exact) mass is 275 g/mol. The van der Waals surface area contributed by atoms with Crippen molar-refractivity contribution in [3.05, 3.63) is 35.4 Å². The van der Waals surface area contributed by atoms with Crippen molar-refractivity contribution in [2.75, 3.05) is 12.4 Å². The SMILES string of the molecule is CCOC(=O)C(N)CSCc1c(F)cccc1F. The van der Waals surface area contributed by atoms with Crippen molar-refractivity contribution in [2.45, 2.75) is 18.7 Å². The number of rotatable bonds is 6. The van der Waals surface area contributed by atoms with E-state index in [1.54, 1.807) is 6.92 Å². The highest BCUT2D eigenvalue weighted by molar-refractivity contribution is 7.98. The molecule has 1 atom stereocenters. The number of hydrogen-bond acceptors (Lipinski definition) is 4. The van der Waals surface area contributed by atoms with Crippen LogP contribution in [0.4, 0.5) is 8.78 Å². The molecule has 0 spiro atoms. The minimum Gasteiger partial charge on any atom is -0.465 e. The summed E-state index contributed by atoms with van der Waals surface area (Å²) >= 11 is 1.19. The van der Waals surface area contributed by atoms with Gasteiger partial charge in [0.25, 0.3) is 0 Å². The maximum Gasteiger partial charge on any atom is 0.323 e. The molecule has 0 heterocycles. The number of benzene rings is 1. The molecule has 100 valence electrons. The molecule has 0 aliphatic heterocycles. The molecule has 0 bridgehead atoms. The van der Waals surface area contributed by atoms with Gasteiger partial charge >= 0.3 is 5.97 Å². The zero-order valence-electron chi connectivity index (χ0n) is 9.99. The molecule has 0 saturated carbocycles. The van der Waals surface area contributed by atoms with Crippen LogP contribution in [0.3, 0.4) is 0 Å². The topological polar surface area (TPSA) is 52.3 Å². The van der Waals surface area contributed by atoms with Gasteiger partial charge in [-0.2, -0.15) is 11.8 Å². The van der Waals surface area contributed by atoms with Crippen molar-refractivity contribution < 1.29 is 18.3 Å². The highest BCUT2D eigenvalue weighted by atomic mass is 32.2. The third-order valence-electron chi connectivity index (χ3n) is 2.19. The first-order chi connectivity index (χ1) is 8.56. The van der Waals surface area contributed by atoms with Gasteiger partial charge < -0.3 is 10.5 Å². The van der Waals surface area contributed by atoms with Gasteiger partial charge in [0.05, 0.1) is 6.61 Å². The molecule has 2 N–H and O–H groups in total. The lowest BCUT2D eigenvalue weighted by atomic mass is 10.2. The summed E-state index contributed by atoms with van der Waals surface area (Å²) in [7, 11) is 0. The molecule has 1 aromatic carbocycles.